The zero-order chi connectivity index (χ0) is 11.3. The second-order valence-corrected chi connectivity index (χ2v) is 5.21. The van der Waals surface area contributed by atoms with Crippen molar-refractivity contribution >= 4 is 16.7 Å². The SMILES string of the molecule is CCNCCNc1nc(C(C)(C)C)ns1. The van der Waals surface area contributed by atoms with E-state index in [1.54, 1.807) is 0 Å². The fourth-order valence-electron chi connectivity index (χ4n) is 1.03. The molecule has 0 spiro atoms. The van der Waals surface area contributed by atoms with E-state index < -0.39 is 0 Å². The third-order valence-electron chi connectivity index (χ3n) is 1.92. The summed E-state index contributed by atoms with van der Waals surface area (Å²) in [6.45, 7) is 11.3. The number of hydrogen-bond acceptors (Lipinski definition) is 5. The molecule has 0 saturated carbocycles. The van der Waals surface area contributed by atoms with Crippen molar-refractivity contribution in [2.24, 2.45) is 0 Å². The van der Waals surface area contributed by atoms with Crippen molar-refractivity contribution in [3.63, 3.8) is 0 Å². The van der Waals surface area contributed by atoms with Crippen molar-refractivity contribution in [1.82, 2.24) is 14.7 Å². The lowest BCUT2D eigenvalue weighted by Gasteiger charge is -2.12. The summed E-state index contributed by atoms with van der Waals surface area (Å²) in [5.41, 5.74) is 0.0398. The molecule has 0 aliphatic carbocycles. The molecule has 0 aromatic carbocycles. The summed E-state index contributed by atoms with van der Waals surface area (Å²) < 4.78 is 4.33. The molecular weight excluding hydrogens is 208 g/mol. The molecule has 0 aliphatic heterocycles. The lowest BCUT2D eigenvalue weighted by Crippen LogP contribution is -2.21. The highest BCUT2D eigenvalue weighted by Crippen LogP contribution is 2.22. The van der Waals surface area contributed by atoms with E-state index in [0.717, 1.165) is 30.6 Å². The molecule has 0 fully saturated rings. The molecule has 1 heterocycles. The van der Waals surface area contributed by atoms with Crippen molar-refractivity contribution in [3.05, 3.63) is 5.82 Å². The first-order chi connectivity index (χ1) is 7.04. The molecule has 86 valence electrons. The lowest BCUT2D eigenvalue weighted by atomic mass is 9.96. The number of hydrogen-bond donors (Lipinski definition) is 2. The van der Waals surface area contributed by atoms with Gasteiger partial charge in [0, 0.05) is 30.0 Å². The van der Waals surface area contributed by atoms with Crippen LogP contribution in [-0.2, 0) is 5.41 Å². The molecule has 1 rings (SSSR count). The second-order valence-electron chi connectivity index (χ2n) is 4.45. The van der Waals surface area contributed by atoms with Crippen LogP contribution in [0.1, 0.15) is 33.5 Å². The van der Waals surface area contributed by atoms with E-state index in [9.17, 15) is 0 Å². The molecule has 5 heteroatoms. The third-order valence-corrected chi connectivity index (χ3v) is 2.60. The predicted octanol–water partition coefficient (Wildman–Crippen LogP) is 1.86. The van der Waals surface area contributed by atoms with E-state index in [2.05, 4.69) is 47.7 Å². The molecule has 1 aromatic rings. The Labute approximate surface area is 95.7 Å². The maximum absolute atomic E-state index is 4.45. The van der Waals surface area contributed by atoms with Crippen LogP contribution in [0.15, 0.2) is 0 Å². The monoisotopic (exact) mass is 228 g/mol. The van der Waals surface area contributed by atoms with E-state index in [1.165, 1.54) is 11.5 Å². The summed E-state index contributed by atoms with van der Waals surface area (Å²) in [4.78, 5) is 4.45. The first kappa shape index (κ1) is 12.4. The number of nitrogens with one attached hydrogen (secondary N) is 2. The second kappa shape index (κ2) is 5.42. The highest BCUT2D eigenvalue weighted by atomic mass is 32.1. The molecule has 0 saturated heterocycles. The largest absolute Gasteiger partial charge is 0.359 e. The fraction of sp³-hybridized carbons (Fsp3) is 0.800. The summed E-state index contributed by atoms with van der Waals surface area (Å²) >= 11 is 1.43. The Hall–Kier alpha value is -0.680. The average Bonchev–Trinajstić information content (AvgIpc) is 2.60. The van der Waals surface area contributed by atoms with Gasteiger partial charge >= 0.3 is 0 Å². The summed E-state index contributed by atoms with van der Waals surface area (Å²) in [5.74, 6) is 0.915. The average molecular weight is 228 g/mol. The molecule has 0 radical (unpaired) electrons. The van der Waals surface area contributed by atoms with Gasteiger partial charge in [-0.1, -0.05) is 27.7 Å². The van der Waals surface area contributed by atoms with Gasteiger partial charge in [0.2, 0.25) is 5.13 Å². The Kier molecular flexibility index (Phi) is 4.47. The van der Waals surface area contributed by atoms with Crippen molar-refractivity contribution in [2.75, 3.05) is 25.0 Å². The molecule has 2 N–H and O–H groups in total. The van der Waals surface area contributed by atoms with Crippen LogP contribution in [0.3, 0.4) is 0 Å². The molecule has 0 bridgehead atoms. The van der Waals surface area contributed by atoms with Crippen LogP contribution >= 0.6 is 11.5 Å². The van der Waals surface area contributed by atoms with E-state index in [0.29, 0.717) is 0 Å². The molecule has 0 aliphatic rings. The Morgan fingerprint density at radius 1 is 1.27 bits per heavy atom. The highest BCUT2D eigenvalue weighted by molar-refractivity contribution is 7.09. The van der Waals surface area contributed by atoms with E-state index in [1.807, 2.05) is 0 Å². The molecule has 0 unspecified atom stereocenters. The number of likely N-dealkylation sites (N-methyl/N-ethyl adjacent to an activating group) is 1. The van der Waals surface area contributed by atoms with Crippen LogP contribution in [0.2, 0.25) is 0 Å². The van der Waals surface area contributed by atoms with Gasteiger partial charge in [0.1, 0.15) is 5.82 Å². The van der Waals surface area contributed by atoms with Crippen molar-refractivity contribution in [3.8, 4) is 0 Å². The maximum Gasteiger partial charge on any atom is 0.202 e. The minimum atomic E-state index is 0.0398. The first-order valence-electron chi connectivity index (χ1n) is 5.33. The van der Waals surface area contributed by atoms with Crippen molar-refractivity contribution in [1.29, 1.82) is 0 Å². The van der Waals surface area contributed by atoms with Gasteiger partial charge in [-0.15, -0.1) is 0 Å². The summed E-state index contributed by atoms with van der Waals surface area (Å²) in [6, 6.07) is 0. The van der Waals surface area contributed by atoms with Gasteiger partial charge in [-0.2, -0.15) is 4.37 Å². The zero-order valence-electron chi connectivity index (χ0n) is 9.92. The van der Waals surface area contributed by atoms with E-state index >= 15 is 0 Å². The van der Waals surface area contributed by atoms with Gasteiger partial charge < -0.3 is 10.6 Å². The minimum absolute atomic E-state index is 0.0398. The summed E-state index contributed by atoms with van der Waals surface area (Å²) in [7, 11) is 0. The van der Waals surface area contributed by atoms with Crippen LogP contribution in [0.5, 0.6) is 0 Å². The molecule has 1 aromatic heterocycles. The lowest BCUT2D eigenvalue weighted by molar-refractivity contribution is 0.555. The summed E-state index contributed by atoms with van der Waals surface area (Å²) in [5, 5.41) is 7.42. The standard InChI is InChI=1S/C10H20N4S/c1-5-11-6-7-12-9-13-8(14-15-9)10(2,3)4/h11H,5-7H2,1-4H3,(H,12,13,14). The zero-order valence-corrected chi connectivity index (χ0v) is 10.7. The van der Waals surface area contributed by atoms with Crippen molar-refractivity contribution in [2.45, 2.75) is 33.1 Å². The van der Waals surface area contributed by atoms with Gasteiger partial charge in [0.15, 0.2) is 0 Å². The van der Waals surface area contributed by atoms with Crippen LogP contribution in [0.25, 0.3) is 0 Å². The summed E-state index contributed by atoms with van der Waals surface area (Å²) in [6.07, 6.45) is 0. The Morgan fingerprint density at radius 3 is 2.53 bits per heavy atom. The van der Waals surface area contributed by atoms with E-state index in [-0.39, 0.29) is 5.41 Å². The van der Waals surface area contributed by atoms with Gasteiger partial charge in [-0.3, -0.25) is 0 Å². The smallest absolute Gasteiger partial charge is 0.202 e. The van der Waals surface area contributed by atoms with Gasteiger partial charge in [0.25, 0.3) is 0 Å². The Bertz CT molecular complexity index is 290. The minimum Gasteiger partial charge on any atom is -0.359 e. The molecule has 0 amide bonds. The van der Waals surface area contributed by atoms with E-state index in [4.69, 9.17) is 0 Å². The molecule has 4 nitrogen and oxygen atoms in total. The van der Waals surface area contributed by atoms with Gasteiger partial charge in [-0.25, -0.2) is 4.98 Å². The quantitative estimate of drug-likeness (QED) is 0.755. The number of nitrogens with zero attached hydrogens (tertiary/aromatic N) is 2. The van der Waals surface area contributed by atoms with Crippen LogP contribution < -0.4 is 10.6 Å². The normalized spacial score (nSPS) is 11.7. The highest BCUT2D eigenvalue weighted by Gasteiger charge is 2.19. The Morgan fingerprint density at radius 2 is 2.00 bits per heavy atom. The Balaban J connectivity index is 2.40. The first-order valence-corrected chi connectivity index (χ1v) is 6.10. The fourth-order valence-corrected chi connectivity index (χ4v) is 1.82. The van der Waals surface area contributed by atoms with Crippen molar-refractivity contribution < 1.29 is 0 Å². The third kappa shape index (κ3) is 4.13. The van der Waals surface area contributed by atoms with Gasteiger partial charge in [-0.05, 0) is 6.54 Å². The number of anilines is 1. The van der Waals surface area contributed by atoms with Crippen LogP contribution in [0.4, 0.5) is 5.13 Å². The molecule has 0 atom stereocenters. The number of rotatable bonds is 5. The molecular formula is C10H20N4S. The maximum atomic E-state index is 4.45. The van der Waals surface area contributed by atoms with Gasteiger partial charge in [0.05, 0.1) is 0 Å². The van der Waals surface area contributed by atoms with Crippen LogP contribution in [0, 0.1) is 0 Å². The predicted molar refractivity (Wildman–Crippen MR) is 65.6 cm³/mol. The topological polar surface area (TPSA) is 49.8 Å². The molecule has 15 heavy (non-hydrogen) atoms. The van der Waals surface area contributed by atoms with Crippen LogP contribution in [-0.4, -0.2) is 29.0 Å². The number of aromatic nitrogens is 2.